The van der Waals surface area contributed by atoms with Crippen LogP contribution in [0, 0.1) is 0 Å². The summed E-state index contributed by atoms with van der Waals surface area (Å²) in [4.78, 5) is 0. The van der Waals surface area contributed by atoms with Gasteiger partial charge in [-0.25, -0.2) is 0 Å². The predicted octanol–water partition coefficient (Wildman–Crippen LogP) is 19.4. The Kier molecular flexibility index (Phi) is 7.24. The lowest BCUT2D eigenvalue weighted by Crippen LogP contribution is -2.14. The average Bonchev–Trinajstić information content (AvgIpc) is 3.63. The Morgan fingerprint density at radius 1 is 0.232 bits per heavy atom. The molecule has 0 nitrogen and oxygen atoms in total. The van der Waals surface area contributed by atoms with E-state index in [4.69, 9.17) is 0 Å². The molecule has 0 saturated carbocycles. The van der Waals surface area contributed by atoms with Crippen molar-refractivity contribution in [3.63, 3.8) is 0 Å². The smallest absolute Gasteiger partial charge is 0.0159 e. The molecule has 0 aromatic heterocycles. The Labute approximate surface area is 399 Å². The van der Waals surface area contributed by atoms with Crippen LogP contribution in [0.25, 0.3) is 152 Å². The summed E-state index contributed by atoms with van der Waals surface area (Å²) in [5, 5.41) is 26.0. The van der Waals surface area contributed by atoms with Gasteiger partial charge in [0.2, 0.25) is 0 Å². The molecule has 318 valence electrons. The molecule has 0 atom stereocenters. The summed E-state index contributed by atoms with van der Waals surface area (Å²) in [5.74, 6) is 0. The largest absolute Gasteiger partial charge is 0.0619 e. The lowest BCUT2D eigenvalue weighted by atomic mass is 9.80. The predicted molar refractivity (Wildman–Crippen MR) is 298 cm³/mol. The van der Waals surface area contributed by atoms with Gasteiger partial charge >= 0.3 is 0 Å². The Morgan fingerprint density at radius 3 is 1.16 bits per heavy atom. The average molecular weight is 871 g/mol. The van der Waals surface area contributed by atoms with Gasteiger partial charge in [0.05, 0.1) is 0 Å². The van der Waals surface area contributed by atoms with E-state index >= 15 is 0 Å². The molecule has 0 radical (unpaired) electrons. The summed E-state index contributed by atoms with van der Waals surface area (Å²) >= 11 is 0. The van der Waals surface area contributed by atoms with Gasteiger partial charge in [-0.15, -0.1) is 0 Å². The number of hydrogen-bond donors (Lipinski definition) is 0. The third kappa shape index (κ3) is 4.83. The molecule has 0 aliphatic heterocycles. The summed E-state index contributed by atoms with van der Waals surface area (Å²) in [6.07, 6.45) is 0. The Bertz CT molecular complexity index is 4630. The zero-order valence-electron chi connectivity index (χ0n) is 38.3. The summed E-state index contributed by atoms with van der Waals surface area (Å²) < 4.78 is 0. The van der Waals surface area contributed by atoms with Crippen molar-refractivity contribution >= 4 is 108 Å². The second-order valence-electron chi connectivity index (χ2n) is 20.2. The highest BCUT2D eigenvalue weighted by atomic mass is 14.4. The fraction of sp³-hybridized carbons (Fsp3) is 0.0435. The molecular weight excluding hydrogens is 829 g/mol. The van der Waals surface area contributed by atoms with Gasteiger partial charge in [0.25, 0.3) is 0 Å². The molecule has 0 fully saturated rings. The van der Waals surface area contributed by atoms with E-state index in [0.717, 1.165) is 0 Å². The second kappa shape index (κ2) is 13.3. The maximum Gasteiger partial charge on any atom is 0.0159 e. The van der Waals surface area contributed by atoms with Crippen LogP contribution in [0.2, 0.25) is 0 Å². The molecule has 0 bridgehead atoms. The molecule has 1 aliphatic rings. The van der Waals surface area contributed by atoms with Crippen molar-refractivity contribution in [3.05, 3.63) is 230 Å². The highest BCUT2D eigenvalue weighted by Gasteiger charge is 2.35. The van der Waals surface area contributed by atoms with E-state index in [9.17, 15) is 0 Å². The molecule has 0 N–H and O–H groups in total. The van der Waals surface area contributed by atoms with Gasteiger partial charge in [0.15, 0.2) is 0 Å². The zero-order valence-corrected chi connectivity index (χ0v) is 38.3. The molecule has 15 aromatic rings. The Balaban J connectivity index is 1.03. The fourth-order valence-electron chi connectivity index (χ4n) is 13.5. The first-order valence-electron chi connectivity index (χ1n) is 24.4. The van der Waals surface area contributed by atoms with E-state index in [2.05, 4.69) is 232 Å². The third-order valence-corrected chi connectivity index (χ3v) is 16.5. The molecule has 0 heterocycles. The van der Waals surface area contributed by atoms with Crippen LogP contribution in [0.5, 0.6) is 0 Å². The highest BCUT2D eigenvalue weighted by molar-refractivity contribution is 6.37. The zero-order chi connectivity index (χ0) is 45.3. The van der Waals surface area contributed by atoms with Crippen molar-refractivity contribution in [1.29, 1.82) is 0 Å². The van der Waals surface area contributed by atoms with E-state index in [1.807, 2.05) is 0 Å². The van der Waals surface area contributed by atoms with Gasteiger partial charge in [0.1, 0.15) is 0 Å². The molecule has 1 aliphatic carbocycles. The molecule has 0 spiro atoms. The van der Waals surface area contributed by atoms with Crippen LogP contribution in [0.1, 0.15) is 25.0 Å². The summed E-state index contributed by atoms with van der Waals surface area (Å²) in [5.41, 5.74) is 13.0. The first-order valence-corrected chi connectivity index (χ1v) is 24.4. The maximum absolute atomic E-state index is 2.52. The molecule has 0 saturated heterocycles. The maximum atomic E-state index is 2.52. The van der Waals surface area contributed by atoms with Crippen LogP contribution in [-0.2, 0) is 5.41 Å². The van der Waals surface area contributed by atoms with E-state index < -0.39 is 0 Å². The van der Waals surface area contributed by atoms with E-state index in [1.54, 1.807) is 0 Å². The molecular formula is C69H42. The molecule has 15 aromatic carbocycles. The molecule has 69 heavy (non-hydrogen) atoms. The quantitative estimate of drug-likeness (QED) is 0.123. The van der Waals surface area contributed by atoms with Crippen molar-refractivity contribution in [2.75, 3.05) is 0 Å². The van der Waals surface area contributed by atoms with Crippen molar-refractivity contribution in [1.82, 2.24) is 0 Å². The van der Waals surface area contributed by atoms with Crippen LogP contribution < -0.4 is 0 Å². The summed E-state index contributed by atoms with van der Waals surface area (Å²) in [6, 6.07) is 83.5. The second-order valence-corrected chi connectivity index (χ2v) is 20.2. The first-order chi connectivity index (χ1) is 34.0. The summed E-state index contributed by atoms with van der Waals surface area (Å²) in [6.45, 7) is 4.77. The van der Waals surface area contributed by atoms with E-state index in [1.165, 1.54) is 163 Å². The van der Waals surface area contributed by atoms with Gasteiger partial charge in [-0.3, -0.25) is 0 Å². The van der Waals surface area contributed by atoms with Crippen molar-refractivity contribution in [3.8, 4) is 44.5 Å². The number of benzene rings is 15. The number of hydrogen-bond acceptors (Lipinski definition) is 0. The Morgan fingerprint density at radius 2 is 0.594 bits per heavy atom. The number of rotatable bonds is 3. The van der Waals surface area contributed by atoms with Gasteiger partial charge < -0.3 is 0 Å². The van der Waals surface area contributed by atoms with Crippen molar-refractivity contribution in [2.24, 2.45) is 0 Å². The van der Waals surface area contributed by atoms with Crippen LogP contribution in [-0.4, -0.2) is 0 Å². The van der Waals surface area contributed by atoms with Gasteiger partial charge in [-0.2, -0.15) is 0 Å². The topological polar surface area (TPSA) is 0 Å². The minimum absolute atomic E-state index is 0.0969. The number of fused-ring (bicyclic) bond motifs is 9. The molecule has 0 amide bonds. The lowest BCUT2D eigenvalue weighted by Gasteiger charge is -2.23. The van der Waals surface area contributed by atoms with Crippen LogP contribution in [0.15, 0.2) is 218 Å². The van der Waals surface area contributed by atoms with Crippen LogP contribution in [0.3, 0.4) is 0 Å². The standard InChI is InChI=1S/C69H42/c1-69(2)61-28-6-5-17-43(61)44-31-29-42(38-62(44)69)41-30-32-59-60(37-41)68(58-36-34-56-48-23-10-16-40-14-8-21-46(64(40)48)52-25-12-27-54(58)66(52)56)50-19-4-3-18-49(50)67(59)57-35-33-55-47-22-9-15-39-13-7-20-45(63(39)47)51-24-11-26-53(57)65(51)55/h3-38H,1-2H3. The van der Waals surface area contributed by atoms with Gasteiger partial charge in [0, 0.05) is 5.41 Å². The van der Waals surface area contributed by atoms with Gasteiger partial charge in [-0.05, 0) is 175 Å². The monoisotopic (exact) mass is 870 g/mol. The lowest BCUT2D eigenvalue weighted by molar-refractivity contribution is 0.660. The minimum atomic E-state index is -0.0969. The molecule has 0 heteroatoms. The van der Waals surface area contributed by atoms with Crippen LogP contribution >= 0.6 is 0 Å². The minimum Gasteiger partial charge on any atom is -0.0619 e. The SMILES string of the molecule is CC1(C)c2ccccc2-c2ccc(-c3ccc4c(-c5ccc6c7cccc8cccc(c9cccc5c96)c87)c5ccccc5c(-c5ccc6c7cccc8cccc(c9cccc5c96)c87)c4c3)cc21. The van der Waals surface area contributed by atoms with E-state index in [-0.39, 0.29) is 5.41 Å². The van der Waals surface area contributed by atoms with Crippen molar-refractivity contribution in [2.45, 2.75) is 19.3 Å². The van der Waals surface area contributed by atoms with E-state index in [0.29, 0.717) is 0 Å². The highest BCUT2D eigenvalue weighted by Crippen LogP contribution is 2.53. The molecule has 16 rings (SSSR count). The van der Waals surface area contributed by atoms with Crippen LogP contribution in [0.4, 0.5) is 0 Å². The third-order valence-electron chi connectivity index (χ3n) is 16.5. The van der Waals surface area contributed by atoms with Crippen molar-refractivity contribution < 1.29 is 0 Å². The summed E-state index contributed by atoms with van der Waals surface area (Å²) in [7, 11) is 0. The first kappa shape index (κ1) is 37.5. The molecule has 0 unspecified atom stereocenters. The Hall–Kier alpha value is -8.58. The fourth-order valence-corrected chi connectivity index (χ4v) is 13.5. The normalized spacial score (nSPS) is 13.5. The van der Waals surface area contributed by atoms with Gasteiger partial charge in [-0.1, -0.05) is 220 Å².